The molecule has 0 radical (unpaired) electrons. The highest BCUT2D eigenvalue weighted by Gasteiger charge is 2.21. The van der Waals surface area contributed by atoms with Gasteiger partial charge in [0.2, 0.25) is 10.0 Å². The van der Waals surface area contributed by atoms with Gasteiger partial charge in [0.05, 0.1) is 11.2 Å². The maximum Gasteiger partial charge on any atom is 0.243 e. The fraction of sp³-hybridized carbons (Fsp3) is 0.333. The van der Waals surface area contributed by atoms with E-state index in [1.165, 1.54) is 4.31 Å². The molecule has 0 saturated carbocycles. The Labute approximate surface area is 125 Å². The highest BCUT2D eigenvalue weighted by atomic mass is 32.2. The molecule has 1 aromatic carbocycles. The summed E-state index contributed by atoms with van der Waals surface area (Å²) in [7, 11) is -0.0667. The largest absolute Gasteiger partial charge is 0.469 e. The molecule has 0 unspecified atom stereocenters. The molecule has 21 heavy (non-hydrogen) atoms. The molecule has 5 nitrogen and oxygen atoms in total. The highest BCUT2D eigenvalue weighted by Crippen LogP contribution is 2.19. The molecule has 6 heteroatoms. The molecule has 1 heterocycles. The molecule has 0 fully saturated rings. The number of sulfonamides is 1. The lowest BCUT2D eigenvalue weighted by atomic mass is 10.2. The Hall–Kier alpha value is -1.63. The first-order valence-electron chi connectivity index (χ1n) is 6.68. The van der Waals surface area contributed by atoms with E-state index in [4.69, 9.17) is 4.42 Å². The lowest BCUT2D eigenvalue weighted by Crippen LogP contribution is -2.26. The van der Waals surface area contributed by atoms with E-state index < -0.39 is 10.0 Å². The molecule has 0 spiro atoms. The molecule has 1 aromatic heterocycles. The molecule has 0 saturated heterocycles. The van der Waals surface area contributed by atoms with E-state index in [9.17, 15) is 8.42 Å². The molecule has 1 N–H and O–H groups in total. The van der Waals surface area contributed by atoms with Crippen LogP contribution in [0.25, 0.3) is 0 Å². The van der Waals surface area contributed by atoms with Crippen molar-refractivity contribution < 1.29 is 12.8 Å². The van der Waals surface area contributed by atoms with Crippen molar-refractivity contribution >= 4 is 10.0 Å². The smallest absolute Gasteiger partial charge is 0.243 e. The van der Waals surface area contributed by atoms with Crippen LogP contribution in [0, 0.1) is 6.92 Å². The summed E-state index contributed by atoms with van der Waals surface area (Å²) in [6, 6.07) is 8.71. The van der Waals surface area contributed by atoms with Crippen LogP contribution >= 0.6 is 0 Å². The SMILES string of the molecule is CNCc1ccc(S(=O)(=O)N(C)Cc2ccoc2C)cc1. The van der Waals surface area contributed by atoms with Crippen LogP contribution in [0.15, 0.2) is 45.9 Å². The van der Waals surface area contributed by atoms with Crippen LogP contribution in [0.3, 0.4) is 0 Å². The van der Waals surface area contributed by atoms with Crippen LogP contribution in [0.4, 0.5) is 0 Å². The molecule has 0 bridgehead atoms. The second-order valence-corrected chi connectivity index (χ2v) is 6.98. The van der Waals surface area contributed by atoms with Crippen LogP contribution in [0.1, 0.15) is 16.9 Å². The van der Waals surface area contributed by atoms with Crippen molar-refractivity contribution in [3.63, 3.8) is 0 Å². The summed E-state index contributed by atoms with van der Waals surface area (Å²) >= 11 is 0. The van der Waals surface area contributed by atoms with E-state index in [1.54, 1.807) is 31.5 Å². The number of nitrogens with zero attached hydrogens (tertiary/aromatic N) is 1. The first-order chi connectivity index (χ1) is 9.95. The Balaban J connectivity index is 2.18. The molecule has 2 aromatic rings. The predicted molar refractivity (Wildman–Crippen MR) is 81.3 cm³/mol. The van der Waals surface area contributed by atoms with E-state index in [2.05, 4.69) is 5.32 Å². The average molecular weight is 308 g/mol. The number of aryl methyl sites for hydroxylation is 1. The van der Waals surface area contributed by atoms with Gasteiger partial charge in [0.1, 0.15) is 5.76 Å². The lowest BCUT2D eigenvalue weighted by Gasteiger charge is -2.17. The van der Waals surface area contributed by atoms with Crippen LogP contribution in [0.2, 0.25) is 0 Å². The zero-order chi connectivity index (χ0) is 15.5. The van der Waals surface area contributed by atoms with Crippen molar-refractivity contribution in [3.05, 3.63) is 53.5 Å². The van der Waals surface area contributed by atoms with E-state index >= 15 is 0 Å². The first kappa shape index (κ1) is 15.8. The second kappa shape index (κ2) is 6.43. The van der Waals surface area contributed by atoms with Gasteiger partial charge in [-0.25, -0.2) is 8.42 Å². The van der Waals surface area contributed by atoms with Crippen molar-refractivity contribution in [1.82, 2.24) is 9.62 Å². The summed E-state index contributed by atoms with van der Waals surface area (Å²) in [4.78, 5) is 0.297. The predicted octanol–water partition coefficient (Wildman–Crippen LogP) is 2.13. The van der Waals surface area contributed by atoms with Crippen molar-refractivity contribution in [1.29, 1.82) is 0 Å². The Morgan fingerprint density at radius 1 is 1.19 bits per heavy atom. The zero-order valence-electron chi connectivity index (χ0n) is 12.5. The normalized spacial score (nSPS) is 12.0. The summed E-state index contributed by atoms with van der Waals surface area (Å²) in [6.45, 7) is 2.83. The third-order valence-electron chi connectivity index (χ3n) is 3.37. The van der Waals surface area contributed by atoms with Crippen molar-refractivity contribution in [3.8, 4) is 0 Å². The maximum atomic E-state index is 12.5. The van der Waals surface area contributed by atoms with Crippen LogP contribution in [-0.4, -0.2) is 26.8 Å². The van der Waals surface area contributed by atoms with Gasteiger partial charge in [0.15, 0.2) is 0 Å². The van der Waals surface area contributed by atoms with Gasteiger partial charge in [-0.1, -0.05) is 12.1 Å². The standard InChI is InChI=1S/C15H20N2O3S/c1-12-14(8-9-20-12)11-17(3)21(18,19)15-6-4-13(5-7-15)10-16-2/h4-9,16H,10-11H2,1-3H3. The Kier molecular flexibility index (Phi) is 4.82. The van der Waals surface area contributed by atoms with Crippen LogP contribution in [-0.2, 0) is 23.1 Å². The Morgan fingerprint density at radius 2 is 1.86 bits per heavy atom. The lowest BCUT2D eigenvalue weighted by molar-refractivity contribution is 0.459. The van der Waals surface area contributed by atoms with Gasteiger partial charge >= 0.3 is 0 Å². The monoisotopic (exact) mass is 308 g/mol. The highest BCUT2D eigenvalue weighted by molar-refractivity contribution is 7.89. The molecule has 0 aliphatic rings. The zero-order valence-corrected chi connectivity index (χ0v) is 13.3. The maximum absolute atomic E-state index is 12.5. The Morgan fingerprint density at radius 3 is 2.38 bits per heavy atom. The number of benzene rings is 1. The van der Waals surface area contributed by atoms with Crippen LogP contribution in [0.5, 0.6) is 0 Å². The van der Waals surface area contributed by atoms with E-state index in [0.29, 0.717) is 18.0 Å². The number of hydrogen-bond donors (Lipinski definition) is 1. The van der Waals surface area contributed by atoms with E-state index in [0.717, 1.165) is 16.9 Å². The van der Waals surface area contributed by atoms with Gasteiger partial charge in [0.25, 0.3) is 0 Å². The minimum absolute atomic E-state index is 0.295. The molecule has 0 aliphatic carbocycles. The molecule has 0 atom stereocenters. The molecule has 0 aliphatic heterocycles. The number of hydrogen-bond acceptors (Lipinski definition) is 4. The molecular formula is C15H20N2O3S. The molecule has 2 rings (SSSR count). The molecule has 0 amide bonds. The minimum Gasteiger partial charge on any atom is -0.469 e. The van der Waals surface area contributed by atoms with Crippen molar-refractivity contribution in [2.24, 2.45) is 0 Å². The van der Waals surface area contributed by atoms with Crippen LogP contribution < -0.4 is 5.32 Å². The summed E-state index contributed by atoms with van der Waals surface area (Å²) in [6.07, 6.45) is 1.57. The van der Waals surface area contributed by atoms with Gasteiger partial charge in [-0.15, -0.1) is 0 Å². The van der Waals surface area contributed by atoms with Crippen molar-refractivity contribution in [2.75, 3.05) is 14.1 Å². The number of rotatable bonds is 6. The topological polar surface area (TPSA) is 62.6 Å². The summed E-state index contributed by atoms with van der Waals surface area (Å²) < 4.78 is 31.6. The third kappa shape index (κ3) is 3.53. The second-order valence-electron chi connectivity index (χ2n) is 4.94. The molecular weight excluding hydrogens is 288 g/mol. The van der Waals surface area contributed by atoms with Gasteiger partial charge in [-0.2, -0.15) is 4.31 Å². The first-order valence-corrected chi connectivity index (χ1v) is 8.12. The molecule has 114 valence electrons. The van der Waals surface area contributed by atoms with Gasteiger partial charge in [-0.3, -0.25) is 0 Å². The fourth-order valence-electron chi connectivity index (χ4n) is 2.06. The van der Waals surface area contributed by atoms with E-state index in [-0.39, 0.29) is 0 Å². The van der Waals surface area contributed by atoms with Gasteiger partial charge in [-0.05, 0) is 37.7 Å². The van der Waals surface area contributed by atoms with Gasteiger partial charge in [0, 0.05) is 25.7 Å². The minimum atomic E-state index is -3.49. The summed E-state index contributed by atoms with van der Waals surface area (Å²) in [5, 5.41) is 3.03. The third-order valence-corrected chi connectivity index (χ3v) is 5.19. The van der Waals surface area contributed by atoms with Crippen molar-refractivity contribution in [2.45, 2.75) is 24.9 Å². The van der Waals surface area contributed by atoms with E-state index in [1.807, 2.05) is 26.1 Å². The average Bonchev–Trinajstić information content (AvgIpc) is 2.85. The number of nitrogens with one attached hydrogen (secondary N) is 1. The quantitative estimate of drug-likeness (QED) is 0.888. The number of furan rings is 1. The fourth-order valence-corrected chi connectivity index (χ4v) is 3.21. The Bertz CT molecular complexity index is 690. The summed E-state index contributed by atoms with van der Waals surface area (Å²) in [5.41, 5.74) is 1.91. The summed E-state index contributed by atoms with van der Waals surface area (Å²) in [5.74, 6) is 0.737. The van der Waals surface area contributed by atoms with Gasteiger partial charge < -0.3 is 9.73 Å².